The summed E-state index contributed by atoms with van der Waals surface area (Å²) in [7, 11) is 1.60. The number of likely N-dealkylation sites (N-methyl/N-ethyl adjacent to an activating group) is 1. The second-order valence-electron chi connectivity index (χ2n) is 4.06. The van der Waals surface area contributed by atoms with Gasteiger partial charge in [-0.25, -0.2) is 4.98 Å². The van der Waals surface area contributed by atoms with Gasteiger partial charge in [-0.3, -0.25) is 9.89 Å². The van der Waals surface area contributed by atoms with Crippen molar-refractivity contribution in [2.45, 2.75) is 32.9 Å². The second-order valence-corrected chi connectivity index (χ2v) is 4.06. The van der Waals surface area contributed by atoms with E-state index in [-0.39, 0.29) is 12.5 Å². The van der Waals surface area contributed by atoms with Gasteiger partial charge in [-0.1, -0.05) is 0 Å². The molecular formula is C9H16N4O2. The number of aromatic amines is 1. The van der Waals surface area contributed by atoms with Crippen molar-refractivity contribution in [1.82, 2.24) is 20.1 Å². The second kappa shape index (κ2) is 3.98. The molecule has 0 fully saturated rings. The number of nitrogens with one attached hydrogen (secondary N) is 1. The Morgan fingerprint density at radius 2 is 2.20 bits per heavy atom. The minimum Gasteiger partial charge on any atom is -0.381 e. The van der Waals surface area contributed by atoms with Gasteiger partial charge in [0.1, 0.15) is 11.4 Å². The van der Waals surface area contributed by atoms with Crippen LogP contribution in [0.25, 0.3) is 0 Å². The largest absolute Gasteiger partial charge is 0.381 e. The van der Waals surface area contributed by atoms with Gasteiger partial charge in [0.15, 0.2) is 5.82 Å². The van der Waals surface area contributed by atoms with Gasteiger partial charge in [-0.15, -0.1) is 0 Å². The fourth-order valence-corrected chi connectivity index (χ4v) is 1.21. The maximum atomic E-state index is 11.6. The van der Waals surface area contributed by atoms with Gasteiger partial charge in [-0.05, 0) is 20.8 Å². The van der Waals surface area contributed by atoms with Crippen LogP contribution in [0.2, 0.25) is 0 Å². The Balaban J connectivity index is 2.64. The maximum absolute atomic E-state index is 11.6. The van der Waals surface area contributed by atoms with E-state index in [4.69, 9.17) is 0 Å². The molecule has 0 saturated carbocycles. The molecule has 1 amide bonds. The third-order valence-electron chi connectivity index (χ3n) is 1.89. The highest BCUT2D eigenvalue weighted by molar-refractivity contribution is 5.83. The minimum atomic E-state index is -1.36. The number of hydrogen-bond donors (Lipinski definition) is 2. The molecule has 0 atom stereocenters. The van der Waals surface area contributed by atoms with Crippen LogP contribution in [0.4, 0.5) is 0 Å². The Morgan fingerprint density at radius 3 is 2.60 bits per heavy atom. The van der Waals surface area contributed by atoms with E-state index in [0.717, 1.165) is 0 Å². The molecule has 6 nitrogen and oxygen atoms in total. The molecule has 0 aliphatic rings. The Hall–Kier alpha value is -1.43. The number of aryl methyl sites for hydroxylation is 1. The van der Waals surface area contributed by atoms with E-state index in [9.17, 15) is 9.90 Å². The van der Waals surface area contributed by atoms with Crippen LogP contribution < -0.4 is 0 Å². The van der Waals surface area contributed by atoms with Crippen LogP contribution >= 0.6 is 0 Å². The lowest BCUT2D eigenvalue weighted by atomic mass is 10.1. The van der Waals surface area contributed by atoms with Gasteiger partial charge in [0.25, 0.3) is 5.91 Å². The topological polar surface area (TPSA) is 82.1 Å². The Kier molecular flexibility index (Phi) is 3.09. The van der Waals surface area contributed by atoms with Gasteiger partial charge in [0, 0.05) is 7.05 Å². The highest BCUT2D eigenvalue weighted by Gasteiger charge is 2.27. The summed E-state index contributed by atoms with van der Waals surface area (Å²) in [5, 5.41) is 16.1. The third kappa shape index (κ3) is 3.02. The average molecular weight is 212 g/mol. The van der Waals surface area contributed by atoms with Gasteiger partial charge >= 0.3 is 0 Å². The fourth-order valence-electron chi connectivity index (χ4n) is 1.21. The first-order valence-corrected chi connectivity index (χ1v) is 4.66. The smallest absolute Gasteiger partial charge is 0.254 e. The van der Waals surface area contributed by atoms with Crippen molar-refractivity contribution in [3.8, 4) is 0 Å². The molecule has 1 heterocycles. The highest BCUT2D eigenvalue weighted by Crippen LogP contribution is 2.07. The fraction of sp³-hybridized carbons (Fsp3) is 0.667. The first-order chi connectivity index (χ1) is 6.80. The average Bonchev–Trinajstić information content (AvgIpc) is 2.48. The zero-order valence-electron chi connectivity index (χ0n) is 9.40. The lowest BCUT2D eigenvalue weighted by molar-refractivity contribution is -0.147. The lowest BCUT2D eigenvalue weighted by Crippen LogP contribution is -2.42. The van der Waals surface area contributed by atoms with Crippen molar-refractivity contribution in [1.29, 1.82) is 0 Å². The molecule has 1 aromatic heterocycles. The van der Waals surface area contributed by atoms with E-state index in [1.807, 2.05) is 0 Å². The van der Waals surface area contributed by atoms with Crippen LogP contribution in [0.15, 0.2) is 0 Å². The predicted octanol–water partition coefficient (Wildman–Crippen LogP) is -0.158. The summed E-state index contributed by atoms with van der Waals surface area (Å²) in [4.78, 5) is 17.1. The zero-order chi connectivity index (χ0) is 11.6. The number of carbonyl (C=O) groups excluding carboxylic acids is 1. The molecule has 1 rings (SSSR count). The number of H-pyrrole nitrogens is 1. The quantitative estimate of drug-likeness (QED) is 0.729. The molecule has 0 aliphatic heterocycles. The molecule has 2 N–H and O–H groups in total. The van der Waals surface area contributed by atoms with Gasteiger partial charge < -0.3 is 10.0 Å². The minimum absolute atomic E-state index is 0.285. The van der Waals surface area contributed by atoms with Crippen molar-refractivity contribution >= 4 is 5.91 Å². The number of amides is 1. The maximum Gasteiger partial charge on any atom is 0.254 e. The molecule has 6 heteroatoms. The summed E-state index contributed by atoms with van der Waals surface area (Å²) < 4.78 is 0. The molecule has 84 valence electrons. The normalized spacial score (nSPS) is 11.5. The molecule has 0 saturated heterocycles. The first-order valence-electron chi connectivity index (χ1n) is 4.66. The third-order valence-corrected chi connectivity index (χ3v) is 1.89. The van der Waals surface area contributed by atoms with Gasteiger partial charge in [0.2, 0.25) is 0 Å². The summed E-state index contributed by atoms with van der Waals surface area (Å²) in [6.45, 7) is 4.98. The molecule has 0 spiro atoms. The number of nitrogens with zero attached hydrogens (tertiary/aromatic N) is 3. The van der Waals surface area contributed by atoms with Crippen LogP contribution in [-0.2, 0) is 11.3 Å². The van der Waals surface area contributed by atoms with Crippen molar-refractivity contribution in [3.63, 3.8) is 0 Å². The summed E-state index contributed by atoms with van der Waals surface area (Å²) in [6.07, 6.45) is 0. The van der Waals surface area contributed by atoms with E-state index in [2.05, 4.69) is 15.2 Å². The standard InChI is InChI=1S/C9H16N4O2/c1-6-10-7(12-11-6)5-13(4)8(14)9(2,3)15/h15H,5H2,1-4H3,(H,10,11,12). The van der Waals surface area contributed by atoms with Crippen molar-refractivity contribution in [2.24, 2.45) is 0 Å². The van der Waals surface area contributed by atoms with Crippen LogP contribution in [0, 0.1) is 6.92 Å². The number of carbonyl (C=O) groups is 1. The summed E-state index contributed by atoms with van der Waals surface area (Å²) in [5.41, 5.74) is -1.36. The molecule has 15 heavy (non-hydrogen) atoms. The number of hydrogen-bond acceptors (Lipinski definition) is 4. The van der Waals surface area contributed by atoms with Crippen molar-refractivity contribution in [2.75, 3.05) is 7.05 Å². The lowest BCUT2D eigenvalue weighted by Gasteiger charge is -2.23. The van der Waals surface area contributed by atoms with Gasteiger partial charge in [-0.2, -0.15) is 5.10 Å². The molecule has 1 aromatic rings. The van der Waals surface area contributed by atoms with E-state index in [1.165, 1.54) is 18.7 Å². The zero-order valence-corrected chi connectivity index (χ0v) is 9.40. The molecule has 0 aliphatic carbocycles. The highest BCUT2D eigenvalue weighted by atomic mass is 16.3. The summed E-state index contributed by atoms with van der Waals surface area (Å²) in [5.74, 6) is 0.881. The van der Waals surface area contributed by atoms with Crippen LogP contribution in [0.1, 0.15) is 25.5 Å². The first kappa shape index (κ1) is 11.6. The monoisotopic (exact) mass is 212 g/mol. The van der Waals surface area contributed by atoms with Crippen molar-refractivity contribution < 1.29 is 9.90 Å². The predicted molar refractivity (Wildman–Crippen MR) is 53.9 cm³/mol. The Bertz CT molecular complexity index is 353. The molecule has 0 aromatic carbocycles. The molecular weight excluding hydrogens is 196 g/mol. The van der Waals surface area contributed by atoms with Crippen LogP contribution in [0.3, 0.4) is 0 Å². The molecule has 0 radical (unpaired) electrons. The number of aliphatic hydroxyl groups is 1. The van der Waals surface area contributed by atoms with E-state index in [1.54, 1.807) is 14.0 Å². The Morgan fingerprint density at radius 1 is 1.60 bits per heavy atom. The summed E-state index contributed by atoms with van der Waals surface area (Å²) >= 11 is 0. The Labute approximate surface area is 88.3 Å². The van der Waals surface area contributed by atoms with E-state index < -0.39 is 5.60 Å². The van der Waals surface area contributed by atoms with E-state index >= 15 is 0 Å². The number of aromatic nitrogens is 3. The van der Waals surface area contributed by atoms with Crippen LogP contribution in [0.5, 0.6) is 0 Å². The number of rotatable bonds is 3. The van der Waals surface area contributed by atoms with Gasteiger partial charge in [0.05, 0.1) is 6.54 Å². The van der Waals surface area contributed by atoms with Crippen LogP contribution in [-0.4, -0.2) is 43.7 Å². The van der Waals surface area contributed by atoms with Crippen molar-refractivity contribution in [3.05, 3.63) is 11.6 Å². The van der Waals surface area contributed by atoms with E-state index in [0.29, 0.717) is 11.6 Å². The SMILES string of the molecule is Cc1nc(CN(C)C(=O)C(C)(C)O)n[nH]1. The molecule has 0 bridgehead atoms. The summed E-state index contributed by atoms with van der Waals surface area (Å²) in [6, 6.07) is 0. The molecule has 0 unspecified atom stereocenters.